The quantitative estimate of drug-likeness (QED) is 0.766. The zero-order chi connectivity index (χ0) is 11.4. The third-order valence-corrected chi connectivity index (χ3v) is 4.18. The normalized spacial score (nSPS) is 28.9. The van der Waals surface area contributed by atoms with Crippen LogP contribution in [0.25, 0.3) is 0 Å². The maximum absolute atomic E-state index is 11.9. The van der Waals surface area contributed by atoms with E-state index in [0.717, 1.165) is 26.1 Å². The molecule has 0 radical (unpaired) electrons. The predicted molar refractivity (Wildman–Crippen MR) is 65.2 cm³/mol. The Hall–Kier alpha value is -0.570. The molecule has 0 aromatic heterocycles. The van der Waals surface area contributed by atoms with Gasteiger partial charge in [-0.25, -0.2) is 0 Å². The summed E-state index contributed by atoms with van der Waals surface area (Å²) in [5.74, 6) is 0.476. The van der Waals surface area contributed by atoms with Crippen LogP contribution in [0, 0.1) is 11.3 Å². The molecule has 0 spiro atoms. The predicted octanol–water partition coefficient (Wildman–Crippen LogP) is 1.68. The van der Waals surface area contributed by atoms with Gasteiger partial charge in [-0.05, 0) is 31.2 Å². The molecule has 2 N–H and O–H groups in total. The Bertz CT molecular complexity index is 240. The van der Waals surface area contributed by atoms with E-state index in [1.807, 2.05) is 0 Å². The molecule has 2 rings (SSSR count). The molecule has 2 aliphatic rings. The topological polar surface area (TPSA) is 41.1 Å². The average molecular weight is 224 g/mol. The van der Waals surface area contributed by atoms with Crippen molar-refractivity contribution in [3.63, 3.8) is 0 Å². The van der Waals surface area contributed by atoms with Crippen LogP contribution in [0.15, 0.2) is 0 Å². The summed E-state index contributed by atoms with van der Waals surface area (Å²) in [7, 11) is 0. The molecule has 2 fully saturated rings. The molecule has 0 aromatic carbocycles. The molecular formula is C13H24N2O. The number of nitrogens with one attached hydrogen (secondary N) is 2. The smallest absolute Gasteiger partial charge is 0.224 e. The minimum Gasteiger partial charge on any atom is -0.355 e. The Labute approximate surface area is 98.4 Å². The van der Waals surface area contributed by atoms with Gasteiger partial charge in [0.2, 0.25) is 5.91 Å². The molecule has 1 unspecified atom stereocenters. The van der Waals surface area contributed by atoms with Crippen molar-refractivity contribution in [3.8, 4) is 0 Å². The second kappa shape index (κ2) is 5.17. The Morgan fingerprint density at radius 3 is 2.75 bits per heavy atom. The fourth-order valence-electron chi connectivity index (χ4n) is 2.91. The van der Waals surface area contributed by atoms with Crippen LogP contribution >= 0.6 is 0 Å². The number of carbonyl (C=O) groups is 1. The Kier molecular flexibility index (Phi) is 3.85. The van der Waals surface area contributed by atoms with Gasteiger partial charge in [-0.15, -0.1) is 0 Å². The molecule has 1 heterocycles. The van der Waals surface area contributed by atoms with Gasteiger partial charge in [-0.3, -0.25) is 4.79 Å². The van der Waals surface area contributed by atoms with Gasteiger partial charge in [0, 0.05) is 13.1 Å². The second-order valence-electron chi connectivity index (χ2n) is 5.78. The highest BCUT2D eigenvalue weighted by Gasteiger charge is 2.29. The Morgan fingerprint density at radius 2 is 2.12 bits per heavy atom. The van der Waals surface area contributed by atoms with Crippen LogP contribution in [0.1, 0.15) is 45.4 Å². The summed E-state index contributed by atoms with van der Waals surface area (Å²) in [5.41, 5.74) is 0.361. The fraction of sp³-hybridized carbons (Fsp3) is 0.923. The third kappa shape index (κ3) is 2.97. The molecule has 3 heteroatoms. The van der Waals surface area contributed by atoms with Gasteiger partial charge in [0.1, 0.15) is 0 Å². The van der Waals surface area contributed by atoms with Crippen LogP contribution in [-0.2, 0) is 4.79 Å². The van der Waals surface area contributed by atoms with Crippen molar-refractivity contribution in [2.24, 2.45) is 11.3 Å². The van der Waals surface area contributed by atoms with E-state index in [0.29, 0.717) is 5.41 Å². The molecule has 92 valence electrons. The first-order valence-corrected chi connectivity index (χ1v) is 6.68. The maximum Gasteiger partial charge on any atom is 0.224 e. The number of carbonyl (C=O) groups excluding carboxylic acids is 1. The summed E-state index contributed by atoms with van der Waals surface area (Å²) in [6.07, 6.45) is 7.58. The zero-order valence-corrected chi connectivity index (χ0v) is 10.3. The number of hydrogen-bond donors (Lipinski definition) is 2. The van der Waals surface area contributed by atoms with Crippen LogP contribution in [0.5, 0.6) is 0 Å². The van der Waals surface area contributed by atoms with Gasteiger partial charge in [0.15, 0.2) is 0 Å². The van der Waals surface area contributed by atoms with E-state index in [2.05, 4.69) is 17.6 Å². The molecule has 1 saturated carbocycles. The summed E-state index contributed by atoms with van der Waals surface area (Å²) in [5, 5.41) is 6.40. The first kappa shape index (κ1) is 11.9. The first-order valence-electron chi connectivity index (χ1n) is 6.68. The van der Waals surface area contributed by atoms with E-state index >= 15 is 0 Å². The molecule has 1 aliphatic heterocycles. The minimum absolute atomic E-state index is 0.215. The molecule has 1 saturated heterocycles. The average Bonchev–Trinajstić information content (AvgIpc) is 2.80. The van der Waals surface area contributed by atoms with Gasteiger partial charge < -0.3 is 10.6 Å². The molecular weight excluding hydrogens is 200 g/mol. The van der Waals surface area contributed by atoms with Crippen LogP contribution in [0.2, 0.25) is 0 Å². The van der Waals surface area contributed by atoms with Crippen molar-refractivity contribution in [1.82, 2.24) is 10.6 Å². The van der Waals surface area contributed by atoms with Crippen molar-refractivity contribution in [2.45, 2.75) is 45.4 Å². The van der Waals surface area contributed by atoms with Crippen LogP contribution in [0.3, 0.4) is 0 Å². The van der Waals surface area contributed by atoms with Crippen molar-refractivity contribution < 1.29 is 4.79 Å². The Balaban J connectivity index is 1.75. The lowest BCUT2D eigenvalue weighted by Gasteiger charge is -2.34. The van der Waals surface area contributed by atoms with Crippen LogP contribution < -0.4 is 10.6 Å². The van der Waals surface area contributed by atoms with Crippen LogP contribution in [-0.4, -0.2) is 25.5 Å². The highest BCUT2D eigenvalue weighted by atomic mass is 16.1. The number of hydrogen-bond acceptors (Lipinski definition) is 2. The molecule has 0 aromatic rings. The highest BCUT2D eigenvalue weighted by molar-refractivity contribution is 5.79. The number of amides is 1. The van der Waals surface area contributed by atoms with E-state index in [4.69, 9.17) is 0 Å². The largest absolute Gasteiger partial charge is 0.355 e. The van der Waals surface area contributed by atoms with Gasteiger partial charge >= 0.3 is 0 Å². The zero-order valence-electron chi connectivity index (χ0n) is 10.3. The molecule has 1 aliphatic carbocycles. The van der Waals surface area contributed by atoms with E-state index < -0.39 is 0 Å². The molecule has 1 amide bonds. The molecule has 3 nitrogen and oxygen atoms in total. The molecule has 0 bridgehead atoms. The third-order valence-electron chi connectivity index (χ3n) is 4.18. The monoisotopic (exact) mass is 224 g/mol. The Morgan fingerprint density at radius 1 is 1.38 bits per heavy atom. The minimum atomic E-state index is 0.215. The standard InChI is InChI=1S/C13H24N2O/c1-13(6-3-2-4-7-13)10-15-12(16)11-5-8-14-9-11/h11,14H,2-10H2,1H3,(H,15,16). The number of rotatable bonds is 3. The lowest BCUT2D eigenvalue weighted by atomic mass is 9.75. The first-order chi connectivity index (χ1) is 7.70. The lowest BCUT2D eigenvalue weighted by molar-refractivity contribution is -0.125. The second-order valence-corrected chi connectivity index (χ2v) is 5.78. The van der Waals surface area contributed by atoms with E-state index in [1.165, 1.54) is 32.1 Å². The summed E-state index contributed by atoms with van der Waals surface area (Å²) >= 11 is 0. The summed E-state index contributed by atoms with van der Waals surface area (Å²) in [4.78, 5) is 11.9. The molecule has 1 atom stereocenters. The van der Waals surface area contributed by atoms with Crippen molar-refractivity contribution in [1.29, 1.82) is 0 Å². The summed E-state index contributed by atoms with van der Waals surface area (Å²) in [6.45, 7) is 5.06. The van der Waals surface area contributed by atoms with Gasteiger partial charge in [-0.2, -0.15) is 0 Å². The van der Waals surface area contributed by atoms with Crippen molar-refractivity contribution >= 4 is 5.91 Å². The highest BCUT2D eigenvalue weighted by Crippen LogP contribution is 2.34. The maximum atomic E-state index is 11.9. The molecule has 16 heavy (non-hydrogen) atoms. The van der Waals surface area contributed by atoms with Crippen molar-refractivity contribution in [2.75, 3.05) is 19.6 Å². The van der Waals surface area contributed by atoms with Gasteiger partial charge in [0.05, 0.1) is 5.92 Å². The van der Waals surface area contributed by atoms with Crippen molar-refractivity contribution in [3.05, 3.63) is 0 Å². The summed E-state index contributed by atoms with van der Waals surface area (Å²) in [6, 6.07) is 0. The van der Waals surface area contributed by atoms with E-state index in [1.54, 1.807) is 0 Å². The van der Waals surface area contributed by atoms with Gasteiger partial charge in [0.25, 0.3) is 0 Å². The van der Waals surface area contributed by atoms with E-state index in [9.17, 15) is 4.79 Å². The van der Waals surface area contributed by atoms with Gasteiger partial charge in [-0.1, -0.05) is 26.2 Å². The fourth-order valence-corrected chi connectivity index (χ4v) is 2.91. The SMILES string of the molecule is CC1(CNC(=O)C2CCNC2)CCCCC1. The van der Waals surface area contributed by atoms with Crippen LogP contribution in [0.4, 0.5) is 0 Å². The lowest BCUT2D eigenvalue weighted by Crippen LogP contribution is -2.40. The summed E-state index contributed by atoms with van der Waals surface area (Å²) < 4.78 is 0. The van der Waals surface area contributed by atoms with E-state index in [-0.39, 0.29) is 11.8 Å².